The minimum Gasteiger partial charge on any atom is -0.268 e. The standard InChI is InChI=1S/C19H20N4O2S2/c24-27(25,22-13-5-2-6-14-22)17-11-9-15(10-12-17)18-20-21-19(26)23(18)16-7-3-1-4-8-16/h1,3-4,7-12H,2,5-6,13-14H2,(H,21,26). The van der Waals surface area contributed by atoms with Gasteiger partial charge in [0.15, 0.2) is 10.6 Å². The van der Waals surface area contributed by atoms with Gasteiger partial charge in [-0.1, -0.05) is 24.6 Å². The van der Waals surface area contributed by atoms with Gasteiger partial charge in [-0.15, -0.1) is 0 Å². The third kappa shape index (κ3) is 3.47. The molecule has 1 aliphatic heterocycles. The van der Waals surface area contributed by atoms with E-state index in [1.807, 2.05) is 34.9 Å². The fraction of sp³-hybridized carbons (Fsp3) is 0.263. The van der Waals surface area contributed by atoms with Gasteiger partial charge in [-0.2, -0.15) is 9.40 Å². The van der Waals surface area contributed by atoms with Crippen LogP contribution in [0.2, 0.25) is 0 Å². The van der Waals surface area contributed by atoms with Gasteiger partial charge in [0.2, 0.25) is 10.0 Å². The van der Waals surface area contributed by atoms with Crippen molar-refractivity contribution >= 4 is 22.2 Å². The number of sulfonamides is 1. The van der Waals surface area contributed by atoms with Crippen LogP contribution in [0.4, 0.5) is 0 Å². The topological polar surface area (TPSA) is 71.0 Å². The number of para-hydroxylation sites is 1. The highest BCUT2D eigenvalue weighted by molar-refractivity contribution is 7.89. The number of rotatable bonds is 4. The molecule has 4 rings (SSSR count). The monoisotopic (exact) mass is 400 g/mol. The molecule has 2 aromatic carbocycles. The van der Waals surface area contributed by atoms with Gasteiger partial charge in [-0.05, 0) is 61.5 Å². The summed E-state index contributed by atoms with van der Waals surface area (Å²) in [7, 11) is -3.44. The molecule has 8 heteroatoms. The maximum Gasteiger partial charge on any atom is 0.243 e. The Kier molecular flexibility index (Phi) is 4.94. The van der Waals surface area contributed by atoms with Gasteiger partial charge in [0.25, 0.3) is 0 Å². The third-order valence-electron chi connectivity index (χ3n) is 4.75. The molecule has 0 amide bonds. The fourth-order valence-electron chi connectivity index (χ4n) is 3.34. The predicted octanol–water partition coefficient (Wildman–Crippen LogP) is 3.77. The lowest BCUT2D eigenvalue weighted by Crippen LogP contribution is -2.35. The molecular weight excluding hydrogens is 380 g/mol. The zero-order valence-electron chi connectivity index (χ0n) is 14.7. The van der Waals surface area contributed by atoms with Crippen molar-refractivity contribution in [3.05, 3.63) is 59.4 Å². The number of nitrogens with one attached hydrogen (secondary N) is 1. The van der Waals surface area contributed by atoms with E-state index < -0.39 is 10.0 Å². The van der Waals surface area contributed by atoms with Gasteiger partial charge in [-0.25, -0.2) is 8.42 Å². The second-order valence-corrected chi connectivity index (χ2v) is 8.84. The van der Waals surface area contributed by atoms with Gasteiger partial charge in [0.05, 0.1) is 4.90 Å². The molecular formula is C19H20N4O2S2. The van der Waals surface area contributed by atoms with Gasteiger partial charge >= 0.3 is 0 Å². The summed E-state index contributed by atoms with van der Waals surface area (Å²) in [6.45, 7) is 1.19. The Balaban J connectivity index is 1.69. The van der Waals surface area contributed by atoms with Gasteiger partial charge < -0.3 is 0 Å². The molecule has 0 spiro atoms. The molecule has 1 aromatic heterocycles. The molecule has 0 atom stereocenters. The number of hydrogen-bond donors (Lipinski definition) is 1. The summed E-state index contributed by atoms with van der Waals surface area (Å²) in [5.74, 6) is 0.646. The molecule has 0 aliphatic carbocycles. The molecule has 1 saturated heterocycles. The van der Waals surface area contributed by atoms with Crippen LogP contribution in [0.3, 0.4) is 0 Å². The predicted molar refractivity (Wildman–Crippen MR) is 107 cm³/mol. The number of benzene rings is 2. The maximum atomic E-state index is 12.8. The summed E-state index contributed by atoms with van der Waals surface area (Å²) >= 11 is 5.37. The van der Waals surface area contributed by atoms with Crippen molar-refractivity contribution in [2.24, 2.45) is 0 Å². The first-order chi connectivity index (χ1) is 13.1. The highest BCUT2D eigenvalue weighted by Crippen LogP contribution is 2.25. The average Bonchev–Trinajstić information content (AvgIpc) is 3.11. The SMILES string of the molecule is O=S(=O)(c1ccc(-c2n[nH]c(=S)n2-c2ccccc2)cc1)N1CCCCC1. The first-order valence-electron chi connectivity index (χ1n) is 8.91. The van der Waals surface area contributed by atoms with Gasteiger partial charge in [-0.3, -0.25) is 9.67 Å². The molecule has 1 aliphatic rings. The van der Waals surface area contributed by atoms with E-state index in [1.54, 1.807) is 28.6 Å². The summed E-state index contributed by atoms with van der Waals surface area (Å²) in [6, 6.07) is 16.5. The normalized spacial score (nSPS) is 15.7. The van der Waals surface area contributed by atoms with Crippen molar-refractivity contribution < 1.29 is 8.42 Å². The number of H-pyrrole nitrogens is 1. The van der Waals surface area contributed by atoms with E-state index >= 15 is 0 Å². The Morgan fingerprint density at radius 2 is 1.59 bits per heavy atom. The molecule has 1 N–H and O–H groups in total. The van der Waals surface area contributed by atoms with Crippen molar-refractivity contribution in [1.82, 2.24) is 19.1 Å². The molecule has 0 saturated carbocycles. The van der Waals surface area contributed by atoms with Crippen LogP contribution in [0.15, 0.2) is 59.5 Å². The summed E-state index contributed by atoms with van der Waals surface area (Å²) in [6.07, 6.45) is 2.93. The summed E-state index contributed by atoms with van der Waals surface area (Å²) < 4.78 is 29.5. The van der Waals surface area contributed by atoms with Crippen LogP contribution in [-0.2, 0) is 10.0 Å². The van der Waals surface area contributed by atoms with Gasteiger partial charge in [0, 0.05) is 24.3 Å². The lowest BCUT2D eigenvalue weighted by Gasteiger charge is -2.25. The summed E-state index contributed by atoms with van der Waals surface area (Å²) in [5, 5.41) is 7.15. The van der Waals surface area contributed by atoms with Gasteiger partial charge in [0.1, 0.15) is 0 Å². The zero-order chi connectivity index (χ0) is 18.9. The molecule has 0 radical (unpaired) electrons. The molecule has 1 fully saturated rings. The molecule has 27 heavy (non-hydrogen) atoms. The largest absolute Gasteiger partial charge is 0.268 e. The zero-order valence-corrected chi connectivity index (χ0v) is 16.3. The minimum atomic E-state index is -3.44. The van der Waals surface area contributed by atoms with Crippen molar-refractivity contribution in [3.8, 4) is 17.1 Å². The smallest absolute Gasteiger partial charge is 0.243 e. The van der Waals surface area contributed by atoms with E-state index in [2.05, 4.69) is 10.2 Å². The van der Waals surface area contributed by atoms with Crippen LogP contribution in [0, 0.1) is 4.77 Å². The first kappa shape index (κ1) is 18.1. The van der Waals surface area contributed by atoms with Crippen molar-refractivity contribution in [2.45, 2.75) is 24.2 Å². The minimum absolute atomic E-state index is 0.313. The molecule has 3 aromatic rings. The number of piperidine rings is 1. The Morgan fingerprint density at radius 1 is 0.926 bits per heavy atom. The van der Waals surface area contributed by atoms with Crippen LogP contribution in [-0.4, -0.2) is 40.6 Å². The van der Waals surface area contributed by atoms with E-state index in [0.717, 1.165) is 30.5 Å². The van der Waals surface area contributed by atoms with Crippen LogP contribution < -0.4 is 0 Å². The first-order valence-corrected chi connectivity index (χ1v) is 10.8. The third-order valence-corrected chi connectivity index (χ3v) is 6.94. The Labute approximate surface area is 163 Å². The lowest BCUT2D eigenvalue weighted by atomic mass is 10.2. The molecule has 140 valence electrons. The highest BCUT2D eigenvalue weighted by Gasteiger charge is 2.26. The van der Waals surface area contributed by atoms with E-state index in [-0.39, 0.29) is 0 Å². The summed E-state index contributed by atoms with van der Waals surface area (Å²) in [5.41, 5.74) is 1.69. The number of aromatic nitrogens is 3. The Bertz CT molecular complexity index is 1080. The maximum absolute atomic E-state index is 12.8. The quantitative estimate of drug-likeness (QED) is 0.677. The van der Waals surface area contributed by atoms with Crippen LogP contribution >= 0.6 is 12.2 Å². The number of hydrogen-bond acceptors (Lipinski definition) is 4. The van der Waals surface area contributed by atoms with Crippen molar-refractivity contribution in [3.63, 3.8) is 0 Å². The van der Waals surface area contributed by atoms with Crippen LogP contribution in [0.1, 0.15) is 19.3 Å². The summed E-state index contributed by atoms with van der Waals surface area (Å²) in [4.78, 5) is 0.313. The van der Waals surface area contributed by atoms with Crippen LogP contribution in [0.25, 0.3) is 17.1 Å². The van der Waals surface area contributed by atoms with E-state index in [4.69, 9.17) is 12.2 Å². The van der Waals surface area contributed by atoms with Crippen LogP contribution in [0.5, 0.6) is 0 Å². The number of aromatic amines is 1. The fourth-order valence-corrected chi connectivity index (χ4v) is 5.09. The Morgan fingerprint density at radius 3 is 2.26 bits per heavy atom. The van der Waals surface area contributed by atoms with E-state index in [0.29, 0.717) is 28.6 Å². The average molecular weight is 401 g/mol. The molecule has 0 unspecified atom stereocenters. The van der Waals surface area contributed by atoms with Crippen molar-refractivity contribution in [1.29, 1.82) is 0 Å². The highest BCUT2D eigenvalue weighted by atomic mass is 32.2. The molecule has 2 heterocycles. The van der Waals surface area contributed by atoms with E-state index in [1.165, 1.54) is 0 Å². The second-order valence-electron chi connectivity index (χ2n) is 6.51. The van der Waals surface area contributed by atoms with Crippen molar-refractivity contribution in [2.75, 3.05) is 13.1 Å². The second kappa shape index (κ2) is 7.38. The number of nitrogens with zero attached hydrogens (tertiary/aromatic N) is 3. The molecule has 6 nitrogen and oxygen atoms in total. The van der Waals surface area contributed by atoms with E-state index in [9.17, 15) is 8.42 Å². The molecule has 0 bridgehead atoms. The Hall–Kier alpha value is -2.29. The lowest BCUT2D eigenvalue weighted by molar-refractivity contribution is 0.346.